The van der Waals surface area contributed by atoms with Gasteiger partial charge in [-0.1, -0.05) is 31.2 Å². The fourth-order valence-electron chi connectivity index (χ4n) is 3.20. The molecule has 170 valence electrons. The van der Waals surface area contributed by atoms with E-state index >= 15 is 0 Å². The normalized spacial score (nSPS) is 11.5. The summed E-state index contributed by atoms with van der Waals surface area (Å²) in [4.78, 5) is 36.7. The van der Waals surface area contributed by atoms with Crippen molar-refractivity contribution < 1.29 is 14.5 Å². The Balaban J connectivity index is 1.69. The second-order valence-corrected chi connectivity index (χ2v) is 8.82. The molecule has 0 aromatic heterocycles. The van der Waals surface area contributed by atoms with Gasteiger partial charge in [0.1, 0.15) is 0 Å². The lowest BCUT2D eigenvalue weighted by atomic mass is 10.1. The first-order valence-electron chi connectivity index (χ1n) is 10.5. The number of hydrogen-bond donors (Lipinski definition) is 2. The molecular formula is C25H25N3O4S. The van der Waals surface area contributed by atoms with Crippen LogP contribution in [0.25, 0.3) is 0 Å². The number of nitro benzene ring substituents is 1. The maximum absolute atomic E-state index is 12.9. The minimum atomic E-state index is -0.539. The molecule has 3 aromatic rings. The highest BCUT2D eigenvalue weighted by Gasteiger charge is 2.19. The van der Waals surface area contributed by atoms with Crippen LogP contribution in [-0.2, 0) is 4.79 Å². The molecule has 0 aliphatic heterocycles. The number of carbonyl (C=O) groups is 2. The molecule has 0 heterocycles. The van der Waals surface area contributed by atoms with E-state index < -0.39 is 10.8 Å². The van der Waals surface area contributed by atoms with Crippen LogP contribution in [0.3, 0.4) is 0 Å². The molecule has 3 rings (SSSR count). The summed E-state index contributed by atoms with van der Waals surface area (Å²) in [6.07, 6.45) is 0.631. The third-order valence-electron chi connectivity index (χ3n) is 5.22. The standard InChI is InChI=1S/C25H25N3O4S/c1-4-23(25(30)27-22-13-5-8-16(2)17(22)3)33-21-12-7-10-19(15-21)26-24(29)18-9-6-11-20(14-18)28(31)32/h5-15,23H,4H2,1-3H3,(H,26,29)(H,27,30). The van der Waals surface area contributed by atoms with Gasteiger partial charge in [-0.25, -0.2) is 0 Å². The van der Waals surface area contributed by atoms with E-state index in [-0.39, 0.29) is 22.4 Å². The zero-order valence-electron chi connectivity index (χ0n) is 18.6. The van der Waals surface area contributed by atoms with Crippen molar-refractivity contribution in [1.29, 1.82) is 0 Å². The number of aryl methyl sites for hydroxylation is 1. The van der Waals surface area contributed by atoms with Crippen LogP contribution in [0, 0.1) is 24.0 Å². The average molecular weight is 464 g/mol. The van der Waals surface area contributed by atoms with Gasteiger partial charge < -0.3 is 10.6 Å². The van der Waals surface area contributed by atoms with Crippen molar-refractivity contribution >= 4 is 40.6 Å². The van der Waals surface area contributed by atoms with Crippen molar-refractivity contribution in [2.45, 2.75) is 37.3 Å². The van der Waals surface area contributed by atoms with E-state index in [1.54, 1.807) is 18.2 Å². The van der Waals surface area contributed by atoms with E-state index in [1.165, 1.54) is 36.0 Å². The molecule has 1 atom stereocenters. The average Bonchev–Trinajstić information content (AvgIpc) is 2.80. The molecule has 0 fully saturated rings. The number of non-ortho nitro benzene ring substituents is 1. The summed E-state index contributed by atoms with van der Waals surface area (Å²) in [6.45, 7) is 5.94. The Bertz CT molecular complexity index is 1200. The molecule has 8 heteroatoms. The summed E-state index contributed by atoms with van der Waals surface area (Å²) in [5, 5.41) is 16.4. The highest BCUT2D eigenvalue weighted by Crippen LogP contribution is 2.29. The number of anilines is 2. The number of carbonyl (C=O) groups excluding carboxylic acids is 2. The summed E-state index contributed by atoms with van der Waals surface area (Å²) in [7, 11) is 0. The van der Waals surface area contributed by atoms with Gasteiger partial charge in [-0.2, -0.15) is 0 Å². The van der Waals surface area contributed by atoms with Gasteiger partial charge >= 0.3 is 0 Å². The zero-order chi connectivity index (χ0) is 24.0. The van der Waals surface area contributed by atoms with Crippen LogP contribution >= 0.6 is 11.8 Å². The number of benzene rings is 3. The van der Waals surface area contributed by atoms with E-state index in [2.05, 4.69) is 10.6 Å². The SMILES string of the molecule is CCC(Sc1cccc(NC(=O)c2cccc([N+](=O)[O-])c2)c1)C(=O)Nc1cccc(C)c1C. The monoisotopic (exact) mass is 463 g/mol. The molecule has 0 saturated carbocycles. The quantitative estimate of drug-likeness (QED) is 0.243. The van der Waals surface area contributed by atoms with Gasteiger partial charge in [0.2, 0.25) is 5.91 Å². The predicted molar refractivity (Wildman–Crippen MR) is 132 cm³/mol. The Labute approximate surface area is 196 Å². The highest BCUT2D eigenvalue weighted by molar-refractivity contribution is 8.00. The topological polar surface area (TPSA) is 101 Å². The zero-order valence-corrected chi connectivity index (χ0v) is 19.4. The minimum Gasteiger partial charge on any atom is -0.325 e. The molecule has 33 heavy (non-hydrogen) atoms. The molecule has 0 aliphatic carbocycles. The summed E-state index contributed by atoms with van der Waals surface area (Å²) in [6, 6.07) is 18.6. The van der Waals surface area contributed by atoms with E-state index in [0.717, 1.165) is 21.7 Å². The predicted octanol–water partition coefficient (Wildman–Crippen LogP) is 5.97. The molecule has 2 N–H and O–H groups in total. The number of nitrogens with zero attached hydrogens (tertiary/aromatic N) is 1. The van der Waals surface area contributed by atoms with Crippen molar-refractivity contribution in [2.24, 2.45) is 0 Å². The van der Waals surface area contributed by atoms with Crippen LogP contribution in [0.15, 0.2) is 71.6 Å². The Hall–Kier alpha value is -3.65. The molecular weight excluding hydrogens is 438 g/mol. The Kier molecular flexibility index (Phi) is 7.84. The second kappa shape index (κ2) is 10.8. The largest absolute Gasteiger partial charge is 0.325 e. The van der Waals surface area contributed by atoms with Gasteiger partial charge in [-0.05, 0) is 61.7 Å². The van der Waals surface area contributed by atoms with Gasteiger partial charge in [0.25, 0.3) is 11.6 Å². The number of nitrogens with one attached hydrogen (secondary N) is 2. The first-order chi connectivity index (χ1) is 15.8. The van der Waals surface area contributed by atoms with Crippen LogP contribution in [0.4, 0.5) is 17.1 Å². The fraction of sp³-hybridized carbons (Fsp3) is 0.200. The third-order valence-corrected chi connectivity index (χ3v) is 6.57. The van der Waals surface area contributed by atoms with Gasteiger partial charge in [0.05, 0.1) is 10.2 Å². The van der Waals surface area contributed by atoms with Gasteiger partial charge in [0, 0.05) is 34.0 Å². The maximum atomic E-state index is 12.9. The maximum Gasteiger partial charge on any atom is 0.270 e. The number of hydrogen-bond acceptors (Lipinski definition) is 5. The third kappa shape index (κ3) is 6.20. The molecule has 0 spiro atoms. The summed E-state index contributed by atoms with van der Waals surface area (Å²) < 4.78 is 0. The van der Waals surface area contributed by atoms with E-state index in [9.17, 15) is 19.7 Å². The number of thioether (sulfide) groups is 1. The lowest BCUT2D eigenvalue weighted by Gasteiger charge is -2.17. The van der Waals surface area contributed by atoms with Crippen molar-refractivity contribution in [3.63, 3.8) is 0 Å². The number of rotatable bonds is 8. The molecule has 0 aliphatic rings. The molecule has 1 unspecified atom stereocenters. The van der Waals surface area contributed by atoms with Crippen LogP contribution in [0.5, 0.6) is 0 Å². The number of nitro groups is 1. The van der Waals surface area contributed by atoms with Crippen molar-refractivity contribution in [3.8, 4) is 0 Å². The van der Waals surface area contributed by atoms with E-state index in [4.69, 9.17) is 0 Å². The lowest BCUT2D eigenvalue weighted by Crippen LogP contribution is -2.25. The molecule has 7 nitrogen and oxygen atoms in total. The van der Waals surface area contributed by atoms with Gasteiger partial charge in [-0.3, -0.25) is 19.7 Å². The summed E-state index contributed by atoms with van der Waals surface area (Å²) in [5.74, 6) is -0.525. The van der Waals surface area contributed by atoms with Gasteiger partial charge in [0.15, 0.2) is 0 Å². The lowest BCUT2D eigenvalue weighted by molar-refractivity contribution is -0.384. The number of amides is 2. The van der Waals surface area contributed by atoms with E-state index in [1.807, 2.05) is 45.0 Å². The molecule has 0 bridgehead atoms. The fourth-order valence-corrected chi connectivity index (χ4v) is 4.21. The smallest absolute Gasteiger partial charge is 0.270 e. The van der Waals surface area contributed by atoms with Crippen LogP contribution in [0.2, 0.25) is 0 Å². The first-order valence-corrected chi connectivity index (χ1v) is 11.4. The minimum absolute atomic E-state index is 0.0813. The Morgan fingerprint density at radius 2 is 1.73 bits per heavy atom. The van der Waals surface area contributed by atoms with Crippen molar-refractivity contribution in [3.05, 3.63) is 93.5 Å². The second-order valence-electron chi connectivity index (χ2n) is 7.54. The van der Waals surface area contributed by atoms with Crippen molar-refractivity contribution in [2.75, 3.05) is 10.6 Å². The first kappa shape index (κ1) is 24.0. The molecule has 3 aromatic carbocycles. The summed E-state index contributed by atoms with van der Waals surface area (Å²) >= 11 is 1.42. The molecule has 0 radical (unpaired) electrons. The van der Waals surface area contributed by atoms with Crippen LogP contribution in [-0.4, -0.2) is 22.0 Å². The van der Waals surface area contributed by atoms with Crippen molar-refractivity contribution in [1.82, 2.24) is 0 Å². The Morgan fingerprint density at radius 1 is 1.00 bits per heavy atom. The summed E-state index contributed by atoms with van der Waals surface area (Å²) in [5.41, 5.74) is 3.55. The molecule has 2 amide bonds. The molecule has 0 saturated heterocycles. The van der Waals surface area contributed by atoms with Crippen LogP contribution in [0.1, 0.15) is 34.8 Å². The van der Waals surface area contributed by atoms with E-state index in [0.29, 0.717) is 12.1 Å². The van der Waals surface area contributed by atoms with Gasteiger partial charge in [-0.15, -0.1) is 11.8 Å². The Morgan fingerprint density at radius 3 is 2.45 bits per heavy atom. The van der Waals surface area contributed by atoms with Crippen LogP contribution < -0.4 is 10.6 Å². The highest BCUT2D eigenvalue weighted by atomic mass is 32.2.